The molecule has 0 heterocycles. The van der Waals surface area contributed by atoms with Gasteiger partial charge in [0, 0.05) is 18.4 Å². The number of carbonyl (C=O) groups is 1. The lowest BCUT2D eigenvalue weighted by molar-refractivity contribution is -0.125. The largest absolute Gasteiger partial charge is 0.409 e. The normalized spacial score (nSPS) is 16.1. The number of amides is 1. The molecule has 82 valence electrons. The van der Waals surface area contributed by atoms with Crippen LogP contribution in [0, 0.1) is 5.92 Å². The molecule has 4 N–H and O–H groups in total. The molecule has 5 nitrogen and oxygen atoms in total. The summed E-state index contributed by atoms with van der Waals surface area (Å²) in [5, 5.41) is 14.0. The lowest BCUT2D eigenvalue weighted by atomic mass is 10.1. The number of nitrogens with zero attached hydrogens (tertiary/aromatic N) is 1. The van der Waals surface area contributed by atoms with Crippen molar-refractivity contribution in [3.05, 3.63) is 0 Å². The van der Waals surface area contributed by atoms with Crippen molar-refractivity contribution < 1.29 is 10.0 Å². The summed E-state index contributed by atoms with van der Waals surface area (Å²) in [5.74, 6) is 0.137. The summed E-state index contributed by atoms with van der Waals surface area (Å²) in [5.41, 5.74) is 5.31. The molecule has 0 fully saturated rings. The van der Waals surface area contributed by atoms with Gasteiger partial charge >= 0.3 is 0 Å². The number of hydrogen-bond donors (Lipinski definition) is 3. The van der Waals surface area contributed by atoms with Gasteiger partial charge in [-0.1, -0.05) is 19.0 Å². The zero-order chi connectivity index (χ0) is 11.1. The Labute approximate surface area is 84.4 Å². The molecule has 0 bridgehead atoms. The van der Waals surface area contributed by atoms with E-state index >= 15 is 0 Å². The molecule has 0 spiro atoms. The van der Waals surface area contributed by atoms with Crippen molar-refractivity contribution in [3.8, 4) is 0 Å². The monoisotopic (exact) mass is 201 g/mol. The molecular formula is C9H19N3O2. The van der Waals surface area contributed by atoms with Gasteiger partial charge in [0.15, 0.2) is 0 Å². The minimum Gasteiger partial charge on any atom is -0.409 e. The van der Waals surface area contributed by atoms with Gasteiger partial charge in [-0.2, -0.15) is 0 Å². The van der Waals surface area contributed by atoms with E-state index in [-0.39, 0.29) is 23.7 Å². The Kier molecular flexibility index (Phi) is 5.67. The maximum Gasteiger partial charge on any atom is 0.223 e. The maximum atomic E-state index is 11.4. The van der Waals surface area contributed by atoms with E-state index in [2.05, 4.69) is 10.5 Å². The van der Waals surface area contributed by atoms with Crippen molar-refractivity contribution >= 4 is 11.7 Å². The predicted octanol–water partition coefficient (Wildman–Crippen LogP) is 0.674. The smallest absolute Gasteiger partial charge is 0.223 e. The maximum absolute atomic E-state index is 11.4. The molecule has 0 aromatic heterocycles. The van der Waals surface area contributed by atoms with Crippen molar-refractivity contribution in [3.63, 3.8) is 0 Å². The van der Waals surface area contributed by atoms with Gasteiger partial charge < -0.3 is 16.3 Å². The molecule has 0 aliphatic rings. The van der Waals surface area contributed by atoms with E-state index in [1.165, 1.54) is 0 Å². The highest BCUT2D eigenvalue weighted by atomic mass is 16.4. The van der Waals surface area contributed by atoms with E-state index in [9.17, 15) is 4.79 Å². The van der Waals surface area contributed by atoms with Crippen LogP contribution in [0.5, 0.6) is 0 Å². The zero-order valence-corrected chi connectivity index (χ0v) is 8.95. The van der Waals surface area contributed by atoms with E-state index in [1.54, 1.807) is 0 Å². The van der Waals surface area contributed by atoms with Crippen LogP contribution in [0.25, 0.3) is 0 Å². The third-order valence-electron chi connectivity index (χ3n) is 2.09. The van der Waals surface area contributed by atoms with Crippen LogP contribution < -0.4 is 11.1 Å². The third-order valence-corrected chi connectivity index (χ3v) is 2.09. The highest BCUT2D eigenvalue weighted by Gasteiger charge is 2.13. The second-order valence-corrected chi connectivity index (χ2v) is 3.51. The standard InChI is InChI=1S/C9H19N3O2/c1-4-6(2)9(13)11-7(3)5-8(10)12-14/h6-7,14H,4-5H2,1-3H3,(H2,10,12)(H,11,13). The second kappa shape index (κ2) is 6.23. The van der Waals surface area contributed by atoms with Crippen LogP contribution in [0.4, 0.5) is 0 Å². The Hall–Kier alpha value is -1.26. The Morgan fingerprint density at radius 1 is 1.57 bits per heavy atom. The first-order chi connectivity index (χ1) is 6.51. The van der Waals surface area contributed by atoms with Crippen molar-refractivity contribution in [1.29, 1.82) is 0 Å². The molecule has 5 heteroatoms. The van der Waals surface area contributed by atoms with Gasteiger partial charge in [0.25, 0.3) is 0 Å². The predicted molar refractivity (Wildman–Crippen MR) is 55.1 cm³/mol. The highest BCUT2D eigenvalue weighted by molar-refractivity contribution is 5.82. The molecule has 1 amide bonds. The molecule has 0 saturated carbocycles. The fraction of sp³-hybridized carbons (Fsp3) is 0.778. The molecule has 0 aromatic carbocycles. The summed E-state index contributed by atoms with van der Waals surface area (Å²) in [7, 11) is 0. The van der Waals surface area contributed by atoms with Gasteiger partial charge in [-0.15, -0.1) is 0 Å². The van der Waals surface area contributed by atoms with Crippen molar-refractivity contribution in [2.45, 2.75) is 39.7 Å². The number of carbonyl (C=O) groups excluding carboxylic acids is 1. The number of hydrogen-bond acceptors (Lipinski definition) is 3. The number of rotatable bonds is 5. The number of oxime groups is 1. The first kappa shape index (κ1) is 12.7. The summed E-state index contributed by atoms with van der Waals surface area (Å²) in [6.07, 6.45) is 1.17. The van der Waals surface area contributed by atoms with Gasteiger partial charge in [-0.3, -0.25) is 4.79 Å². The summed E-state index contributed by atoms with van der Waals surface area (Å²) < 4.78 is 0. The van der Waals surface area contributed by atoms with E-state index < -0.39 is 0 Å². The number of amidine groups is 1. The second-order valence-electron chi connectivity index (χ2n) is 3.51. The van der Waals surface area contributed by atoms with Crippen LogP contribution in [0.2, 0.25) is 0 Å². The highest BCUT2D eigenvalue weighted by Crippen LogP contribution is 2.01. The van der Waals surface area contributed by atoms with Gasteiger partial charge in [-0.05, 0) is 13.3 Å². The van der Waals surface area contributed by atoms with E-state index in [4.69, 9.17) is 10.9 Å². The molecule has 0 aliphatic carbocycles. The lowest BCUT2D eigenvalue weighted by Crippen LogP contribution is -2.38. The molecule has 0 radical (unpaired) electrons. The van der Waals surface area contributed by atoms with Gasteiger partial charge in [0.1, 0.15) is 5.84 Å². The SMILES string of the molecule is CCC(C)C(=O)NC(C)CC(N)=NO. The average Bonchev–Trinajstić information content (AvgIpc) is 2.15. The Morgan fingerprint density at radius 2 is 2.14 bits per heavy atom. The van der Waals surface area contributed by atoms with Crippen LogP contribution in [0.15, 0.2) is 5.16 Å². The lowest BCUT2D eigenvalue weighted by Gasteiger charge is -2.15. The minimum absolute atomic E-state index is 0.00439. The number of nitrogens with two attached hydrogens (primary N) is 1. The van der Waals surface area contributed by atoms with Crippen molar-refractivity contribution in [2.75, 3.05) is 0 Å². The van der Waals surface area contributed by atoms with Gasteiger partial charge in [-0.25, -0.2) is 0 Å². The third kappa shape index (κ3) is 4.69. The van der Waals surface area contributed by atoms with E-state index in [0.29, 0.717) is 6.42 Å². The molecule has 14 heavy (non-hydrogen) atoms. The van der Waals surface area contributed by atoms with E-state index in [1.807, 2.05) is 20.8 Å². The molecule has 0 rings (SSSR count). The first-order valence-electron chi connectivity index (χ1n) is 4.78. The summed E-state index contributed by atoms with van der Waals surface area (Å²) in [6.45, 7) is 5.64. The van der Waals surface area contributed by atoms with Crippen LogP contribution in [0.3, 0.4) is 0 Å². The molecule has 0 aliphatic heterocycles. The first-order valence-corrected chi connectivity index (χ1v) is 4.78. The fourth-order valence-electron chi connectivity index (χ4n) is 0.976. The molecule has 0 aromatic rings. The van der Waals surface area contributed by atoms with Crippen LogP contribution in [0.1, 0.15) is 33.6 Å². The quantitative estimate of drug-likeness (QED) is 0.264. The topological polar surface area (TPSA) is 87.7 Å². The van der Waals surface area contributed by atoms with Crippen LogP contribution >= 0.6 is 0 Å². The Morgan fingerprint density at radius 3 is 2.57 bits per heavy atom. The summed E-state index contributed by atoms with van der Waals surface area (Å²) in [6, 6.07) is -0.104. The molecule has 2 atom stereocenters. The van der Waals surface area contributed by atoms with E-state index in [0.717, 1.165) is 6.42 Å². The van der Waals surface area contributed by atoms with Gasteiger partial charge in [0.05, 0.1) is 0 Å². The van der Waals surface area contributed by atoms with Crippen molar-refractivity contribution in [2.24, 2.45) is 16.8 Å². The van der Waals surface area contributed by atoms with Crippen LogP contribution in [-0.2, 0) is 4.79 Å². The summed E-state index contributed by atoms with van der Waals surface area (Å²) >= 11 is 0. The zero-order valence-electron chi connectivity index (χ0n) is 8.95. The van der Waals surface area contributed by atoms with Gasteiger partial charge in [0.2, 0.25) is 5.91 Å². The minimum atomic E-state index is -0.104. The van der Waals surface area contributed by atoms with Crippen molar-refractivity contribution in [1.82, 2.24) is 5.32 Å². The fourth-order valence-corrected chi connectivity index (χ4v) is 0.976. The molecular weight excluding hydrogens is 182 g/mol. The molecule has 2 unspecified atom stereocenters. The Bertz CT molecular complexity index is 216. The average molecular weight is 201 g/mol. The number of nitrogens with one attached hydrogen (secondary N) is 1. The van der Waals surface area contributed by atoms with Crippen LogP contribution in [-0.4, -0.2) is 23.0 Å². The Balaban J connectivity index is 3.94. The molecule has 0 saturated heterocycles. The summed E-state index contributed by atoms with van der Waals surface area (Å²) in [4.78, 5) is 11.4.